The molecule has 168 valence electrons. The molecule has 0 fully saturated rings. The molecule has 0 aliphatic heterocycles. The lowest BCUT2D eigenvalue weighted by Gasteiger charge is -2.14. The van der Waals surface area contributed by atoms with Crippen molar-refractivity contribution in [1.29, 1.82) is 0 Å². The van der Waals surface area contributed by atoms with E-state index in [-0.39, 0.29) is 5.69 Å². The molecule has 0 saturated heterocycles. The average molecular weight is 485 g/mol. The van der Waals surface area contributed by atoms with E-state index in [1.54, 1.807) is 19.1 Å². The van der Waals surface area contributed by atoms with Gasteiger partial charge >= 0.3 is 0 Å². The lowest BCUT2D eigenvalue weighted by atomic mass is 10.1. The zero-order chi connectivity index (χ0) is 23.4. The highest BCUT2D eigenvalue weighted by molar-refractivity contribution is 8.00. The summed E-state index contributed by atoms with van der Waals surface area (Å²) in [7, 11) is 0. The molecule has 33 heavy (non-hydrogen) atoms. The van der Waals surface area contributed by atoms with Crippen molar-refractivity contribution in [2.45, 2.75) is 23.8 Å². The van der Waals surface area contributed by atoms with E-state index < -0.39 is 22.8 Å². The molecule has 1 atom stereocenters. The number of nitrogens with zero attached hydrogens (tertiary/aromatic N) is 3. The van der Waals surface area contributed by atoms with E-state index >= 15 is 0 Å². The maximum atomic E-state index is 13.9. The van der Waals surface area contributed by atoms with Gasteiger partial charge in [0.15, 0.2) is 5.16 Å². The van der Waals surface area contributed by atoms with Crippen LogP contribution in [0.2, 0.25) is 5.02 Å². The van der Waals surface area contributed by atoms with Crippen LogP contribution in [0.25, 0.3) is 5.69 Å². The average Bonchev–Trinajstić information content (AvgIpc) is 3.18. The largest absolute Gasteiger partial charge is 0.323 e. The van der Waals surface area contributed by atoms with Crippen molar-refractivity contribution in [3.63, 3.8) is 0 Å². The predicted molar refractivity (Wildman–Crippen MR) is 126 cm³/mol. The first kappa shape index (κ1) is 22.9. The van der Waals surface area contributed by atoms with Crippen molar-refractivity contribution in [1.82, 2.24) is 14.8 Å². The summed E-state index contributed by atoms with van der Waals surface area (Å²) in [5, 5.41) is 11.6. The summed E-state index contributed by atoms with van der Waals surface area (Å²) >= 11 is 7.24. The van der Waals surface area contributed by atoms with Gasteiger partial charge in [-0.15, -0.1) is 10.2 Å². The first-order valence-electron chi connectivity index (χ1n) is 10.1. The number of rotatable bonds is 7. The van der Waals surface area contributed by atoms with Crippen LogP contribution in [0.1, 0.15) is 18.3 Å². The van der Waals surface area contributed by atoms with Crippen molar-refractivity contribution >= 4 is 35.0 Å². The normalized spacial score (nSPS) is 11.9. The molecule has 4 aromatic rings. The number of benzene rings is 3. The van der Waals surface area contributed by atoms with Gasteiger partial charge in [0.1, 0.15) is 17.5 Å². The maximum absolute atomic E-state index is 13.9. The van der Waals surface area contributed by atoms with Crippen molar-refractivity contribution in [2.75, 3.05) is 5.32 Å². The van der Waals surface area contributed by atoms with Crippen molar-refractivity contribution < 1.29 is 13.6 Å². The summed E-state index contributed by atoms with van der Waals surface area (Å²) in [5.41, 5.74) is 1.78. The Kier molecular flexibility index (Phi) is 7.05. The van der Waals surface area contributed by atoms with Gasteiger partial charge in [-0.25, -0.2) is 8.78 Å². The first-order chi connectivity index (χ1) is 15.9. The summed E-state index contributed by atoms with van der Waals surface area (Å²) in [5.74, 6) is -1.30. The number of carbonyl (C=O) groups is 1. The molecule has 9 heteroatoms. The van der Waals surface area contributed by atoms with Crippen LogP contribution in [0.4, 0.5) is 14.5 Å². The molecular weight excluding hydrogens is 466 g/mol. The van der Waals surface area contributed by atoms with Crippen molar-refractivity contribution in [2.24, 2.45) is 0 Å². The van der Waals surface area contributed by atoms with Crippen LogP contribution in [0.3, 0.4) is 0 Å². The van der Waals surface area contributed by atoms with Gasteiger partial charge in [-0.2, -0.15) is 0 Å². The van der Waals surface area contributed by atoms with Gasteiger partial charge in [-0.05, 0) is 48.9 Å². The molecule has 0 aliphatic rings. The van der Waals surface area contributed by atoms with Gasteiger partial charge in [0.2, 0.25) is 5.91 Å². The van der Waals surface area contributed by atoms with Crippen LogP contribution in [0.15, 0.2) is 78.0 Å². The second-order valence-electron chi connectivity index (χ2n) is 7.25. The van der Waals surface area contributed by atoms with E-state index in [4.69, 9.17) is 11.6 Å². The lowest BCUT2D eigenvalue weighted by molar-refractivity contribution is -0.115. The topological polar surface area (TPSA) is 59.8 Å². The molecule has 1 amide bonds. The molecule has 4 rings (SSSR count). The minimum atomic E-state index is -0.838. The Hall–Kier alpha value is -3.23. The first-order valence-corrected chi connectivity index (χ1v) is 11.3. The van der Waals surface area contributed by atoms with Crippen LogP contribution in [-0.4, -0.2) is 25.9 Å². The summed E-state index contributed by atoms with van der Waals surface area (Å²) in [6.45, 7) is 1.68. The van der Waals surface area contributed by atoms with Crippen LogP contribution in [0.5, 0.6) is 0 Å². The van der Waals surface area contributed by atoms with Crippen LogP contribution in [-0.2, 0) is 11.2 Å². The maximum Gasteiger partial charge on any atom is 0.237 e. The summed E-state index contributed by atoms with van der Waals surface area (Å²) in [6, 6.07) is 20.1. The molecule has 1 heterocycles. The monoisotopic (exact) mass is 484 g/mol. The number of hydrogen-bond acceptors (Lipinski definition) is 4. The Morgan fingerprint density at radius 2 is 1.79 bits per heavy atom. The van der Waals surface area contributed by atoms with Crippen molar-refractivity contribution in [3.05, 3.63) is 101 Å². The third-order valence-electron chi connectivity index (χ3n) is 4.83. The smallest absolute Gasteiger partial charge is 0.237 e. The molecule has 0 saturated carbocycles. The Morgan fingerprint density at radius 3 is 2.48 bits per heavy atom. The highest BCUT2D eigenvalue weighted by atomic mass is 35.5. The molecule has 0 radical (unpaired) electrons. The van der Waals surface area contributed by atoms with Gasteiger partial charge in [-0.3, -0.25) is 9.36 Å². The summed E-state index contributed by atoms with van der Waals surface area (Å²) < 4.78 is 28.9. The summed E-state index contributed by atoms with van der Waals surface area (Å²) in [6.07, 6.45) is 0.540. The van der Waals surface area contributed by atoms with Gasteiger partial charge < -0.3 is 5.32 Å². The molecule has 0 spiro atoms. The second-order valence-corrected chi connectivity index (χ2v) is 8.99. The highest BCUT2D eigenvalue weighted by Gasteiger charge is 2.22. The highest BCUT2D eigenvalue weighted by Crippen LogP contribution is 2.28. The number of anilines is 1. The molecule has 0 aliphatic carbocycles. The van der Waals surface area contributed by atoms with Gasteiger partial charge in [-0.1, -0.05) is 53.7 Å². The molecular formula is C24H19ClF2N4OS. The number of amides is 1. The Bertz CT molecular complexity index is 1270. The third kappa shape index (κ3) is 5.58. The zero-order valence-corrected chi connectivity index (χ0v) is 19.1. The van der Waals surface area contributed by atoms with Crippen LogP contribution < -0.4 is 5.32 Å². The standard InChI is InChI=1S/C24H19ClF2N4OS/c1-15(23(32)28-21-12-9-18(26)14-20(21)27)33-24-30-29-22(13-16-5-3-2-4-6-16)31(24)19-10-7-17(25)8-11-19/h2-12,14-15H,13H2,1H3,(H,28,32). The van der Waals surface area contributed by atoms with Gasteiger partial charge in [0, 0.05) is 23.2 Å². The van der Waals surface area contributed by atoms with E-state index in [0.29, 0.717) is 22.4 Å². The lowest BCUT2D eigenvalue weighted by Crippen LogP contribution is -2.23. The molecule has 3 aromatic carbocycles. The molecule has 0 bridgehead atoms. The predicted octanol–water partition coefficient (Wildman–Crippen LogP) is 5.91. The Balaban J connectivity index is 1.59. The zero-order valence-electron chi connectivity index (χ0n) is 17.5. The number of nitrogens with one attached hydrogen (secondary N) is 1. The SMILES string of the molecule is CC(Sc1nnc(Cc2ccccc2)n1-c1ccc(Cl)cc1)C(=O)Nc1ccc(F)cc1F. The fraction of sp³-hybridized carbons (Fsp3) is 0.125. The van der Waals surface area contributed by atoms with Crippen molar-refractivity contribution in [3.8, 4) is 5.69 Å². The summed E-state index contributed by atoms with van der Waals surface area (Å²) in [4.78, 5) is 12.7. The minimum Gasteiger partial charge on any atom is -0.323 e. The fourth-order valence-electron chi connectivity index (χ4n) is 3.16. The Morgan fingerprint density at radius 1 is 1.06 bits per heavy atom. The van der Waals surface area contributed by atoms with Gasteiger partial charge in [0.05, 0.1) is 10.9 Å². The number of hydrogen-bond donors (Lipinski definition) is 1. The van der Waals surface area contributed by atoms with Gasteiger partial charge in [0.25, 0.3) is 0 Å². The second kappa shape index (κ2) is 10.1. The van der Waals surface area contributed by atoms with E-state index in [1.165, 1.54) is 17.8 Å². The quantitative estimate of drug-likeness (QED) is 0.331. The molecule has 1 aromatic heterocycles. The number of thioether (sulfide) groups is 1. The number of aromatic nitrogens is 3. The number of carbonyl (C=O) groups excluding carboxylic acids is 1. The van der Waals surface area contributed by atoms with E-state index in [1.807, 2.05) is 47.0 Å². The van der Waals surface area contributed by atoms with Crippen LogP contribution >= 0.6 is 23.4 Å². The Labute approximate surface area is 198 Å². The van der Waals surface area contributed by atoms with E-state index in [9.17, 15) is 13.6 Å². The van der Waals surface area contributed by atoms with E-state index in [0.717, 1.165) is 23.4 Å². The molecule has 1 N–H and O–H groups in total. The minimum absolute atomic E-state index is 0.0854. The molecule has 1 unspecified atom stereocenters. The third-order valence-corrected chi connectivity index (χ3v) is 6.13. The number of halogens is 3. The van der Waals surface area contributed by atoms with E-state index in [2.05, 4.69) is 15.5 Å². The van der Waals surface area contributed by atoms with Crippen LogP contribution in [0, 0.1) is 11.6 Å². The fourth-order valence-corrected chi connectivity index (χ4v) is 4.17. The molecule has 5 nitrogen and oxygen atoms in total.